The van der Waals surface area contributed by atoms with Crippen molar-refractivity contribution in [1.82, 2.24) is 4.90 Å². The van der Waals surface area contributed by atoms with Crippen LogP contribution in [0.3, 0.4) is 0 Å². The Morgan fingerprint density at radius 1 is 1.48 bits per heavy atom. The van der Waals surface area contributed by atoms with E-state index in [0.29, 0.717) is 12.3 Å². The van der Waals surface area contributed by atoms with Crippen molar-refractivity contribution in [1.29, 1.82) is 0 Å². The van der Waals surface area contributed by atoms with Crippen molar-refractivity contribution in [3.8, 4) is 5.75 Å². The molecule has 2 aliphatic heterocycles. The van der Waals surface area contributed by atoms with Crippen LogP contribution in [0, 0.1) is 9.49 Å². The van der Waals surface area contributed by atoms with Crippen LogP contribution in [0.2, 0.25) is 18.6 Å². The topological polar surface area (TPSA) is 59.0 Å². The summed E-state index contributed by atoms with van der Waals surface area (Å²) in [4.78, 5) is 14.8. The van der Waals surface area contributed by atoms with Crippen LogP contribution in [0.5, 0.6) is 5.75 Å². The number of carbonyl (C=O) groups is 1. The second-order valence-electron chi connectivity index (χ2n) is 8.72. The molecule has 1 amide bonds. The lowest BCUT2D eigenvalue weighted by atomic mass is 9.86. The van der Waals surface area contributed by atoms with Gasteiger partial charge in [-0.05, 0) is 66.7 Å². The SMILES string of the molecule is CO[C@@H]1c2cc(I)ccc2O[C@H](C(CC(=O)N2CCC[C@H]2CO)[Si](C)(C)F)[C@H]1C. The Morgan fingerprint density at radius 2 is 2.21 bits per heavy atom. The van der Waals surface area contributed by atoms with E-state index in [4.69, 9.17) is 9.47 Å². The summed E-state index contributed by atoms with van der Waals surface area (Å²) in [6, 6.07) is 5.78. The Hall–Kier alpha value is -0.713. The molecule has 29 heavy (non-hydrogen) atoms. The van der Waals surface area contributed by atoms with Gasteiger partial charge in [0, 0.05) is 40.7 Å². The molecule has 0 bridgehead atoms. The van der Waals surface area contributed by atoms with E-state index in [2.05, 4.69) is 22.6 Å². The van der Waals surface area contributed by atoms with Crippen molar-refractivity contribution in [3.05, 3.63) is 27.3 Å². The van der Waals surface area contributed by atoms with Crippen LogP contribution in [0.1, 0.15) is 37.9 Å². The van der Waals surface area contributed by atoms with E-state index in [9.17, 15) is 9.90 Å². The zero-order valence-corrected chi connectivity index (χ0v) is 20.7. The van der Waals surface area contributed by atoms with Crippen LogP contribution in [0.15, 0.2) is 18.2 Å². The van der Waals surface area contributed by atoms with Gasteiger partial charge in [0.15, 0.2) is 0 Å². The van der Waals surface area contributed by atoms with Crippen molar-refractivity contribution >= 4 is 36.9 Å². The number of rotatable bonds is 6. The van der Waals surface area contributed by atoms with Crippen molar-refractivity contribution in [2.24, 2.45) is 5.92 Å². The second kappa shape index (κ2) is 9.19. The molecule has 2 heterocycles. The number of nitrogens with zero attached hydrogens (tertiary/aromatic N) is 1. The number of ether oxygens (including phenoxy) is 2. The normalized spacial score (nSPS) is 28.0. The molecule has 1 saturated heterocycles. The number of fused-ring (bicyclic) bond motifs is 1. The number of hydrogen-bond donors (Lipinski definition) is 1. The number of methoxy groups -OCH3 is 1. The summed E-state index contributed by atoms with van der Waals surface area (Å²) in [5, 5.41) is 9.57. The van der Waals surface area contributed by atoms with Crippen molar-refractivity contribution in [3.63, 3.8) is 0 Å². The average molecular weight is 535 g/mol. The first-order valence-electron chi connectivity index (χ1n) is 10.3. The number of aliphatic hydroxyl groups excluding tert-OH is 1. The van der Waals surface area contributed by atoms with E-state index in [1.54, 1.807) is 25.1 Å². The molecule has 8 heteroatoms. The fraction of sp³-hybridized carbons (Fsp3) is 0.667. The van der Waals surface area contributed by atoms with Gasteiger partial charge in [-0.25, -0.2) is 0 Å². The van der Waals surface area contributed by atoms with Gasteiger partial charge in [0.2, 0.25) is 14.3 Å². The summed E-state index contributed by atoms with van der Waals surface area (Å²) in [6.07, 6.45) is 1.16. The fourth-order valence-corrected chi connectivity index (χ4v) is 7.09. The van der Waals surface area contributed by atoms with E-state index in [1.807, 2.05) is 25.1 Å². The molecule has 0 radical (unpaired) electrons. The van der Waals surface area contributed by atoms with Crippen LogP contribution in [-0.4, -0.2) is 56.7 Å². The summed E-state index contributed by atoms with van der Waals surface area (Å²) < 4.78 is 28.7. The summed E-state index contributed by atoms with van der Waals surface area (Å²) >= 11 is 2.26. The van der Waals surface area contributed by atoms with Crippen molar-refractivity contribution < 1.29 is 23.5 Å². The lowest BCUT2D eigenvalue weighted by molar-refractivity contribution is -0.133. The smallest absolute Gasteiger partial charge is 0.248 e. The lowest BCUT2D eigenvalue weighted by Gasteiger charge is -2.43. The maximum absolute atomic E-state index is 15.5. The van der Waals surface area contributed by atoms with Gasteiger partial charge in [-0.1, -0.05) is 6.92 Å². The molecule has 162 valence electrons. The van der Waals surface area contributed by atoms with E-state index < -0.39 is 20.1 Å². The van der Waals surface area contributed by atoms with Gasteiger partial charge in [-0.2, -0.15) is 0 Å². The molecule has 0 aromatic heterocycles. The molecule has 1 unspecified atom stereocenters. The molecule has 2 aliphatic rings. The highest BCUT2D eigenvalue weighted by Crippen LogP contribution is 2.47. The number of benzene rings is 1. The molecule has 1 aromatic rings. The van der Waals surface area contributed by atoms with Crippen LogP contribution in [0.25, 0.3) is 0 Å². The predicted octanol–water partition coefficient (Wildman–Crippen LogP) is 4.29. The lowest BCUT2D eigenvalue weighted by Crippen LogP contribution is -2.48. The van der Waals surface area contributed by atoms with E-state index in [-0.39, 0.29) is 37.0 Å². The largest absolute Gasteiger partial charge is 0.490 e. The van der Waals surface area contributed by atoms with Crippen LogP contribution >= 0.6 is 22.6 Å². The van der Waals surface area contributed by atoms with Gasteiger partial charge in [0.25, 0.3) is 0 Å². The third-order valence-electron chi connectivity index (χ3n) is 6.37. The Kier molecular flexibility index (Phi) is 7.28. The van der Waals surface area contributed by atoms with Gasteiger partial charge in [0.05, 0.1) is 18.8 Å². The molecule has 1 N–H and O–H groups in total. The molecular weight excluding hydrogens is 504 g/mol. The Balaban J connectivity index is 1.89. The molecule has 0 spiro atoms. The zero-order chi connectivity index (χ0) is 21.3. The van der Waals surface area contributed by atoms with Gasteiger partial charge in [-0.15, -0.1) is 0 Å². The standard InChI is InChI=1S/C21H31FINO4Si/c1-13-20(27-2)16-10-14(23)7-8-17(16)28-21(13)18(29(3,4)22)11-19(26)24-9-5-6-15(24)12-25/h7-8,10,13,15,18,20-21,25H,5-6,9,11-12H2,1-4H3/t13-,15-,18?,20-,21-/m0/s1. The van der Waals surface area contributed by atoms with E-state index >= 15 is 4.11 Å². The van der Waals surface area contributed by atoms with Crippen molar-refractivity contribution in [2.45, 2.75) is 63.1 Å². The number of aliphatic hydroxyl groups is 1. The zero-order valence-electron chi connectivity index (χ0n) is 17.5. The molecule has 5 nitrogen and oxygen atoms in total. The minimum absolute atomic E-state index is 0.0407. The molecule has 0 saturated carbocycles. The number of amides is 1. The number of hydrogen-bond acceptors (Lipinski definition) is 4. The molecule has 0 aliphatic carbocycles. The minimum Gasteiger partial charge on any atom is -0.490 e. The maximum Gasteiger partial charge on any atom is 0.248 e. The van der Waals surface area contributed by atoms with E-state index in [0.717, 1.165) is 22.0 Å². The second-order valence-corrected chi connectivity index (χ2v) is 13.8. The predicted molar refractivity (Wildman–Crippen MR) is 121 cm³/mol. The van der Waals surface area contributed by atoms with Gasteiger partial charge in [0.1, 0.15) is 11.9 Å². The first kappa shape index (κ1) is 23.0. The molecule has 1 aromatic carbocycles. The van der Waals surface area contributed by atoms with Crippen molar-refractivity contribution in [2.75, 3.05) is 20.3 Å². The van der Waals surface area contributed by atoms with Gasteiger partial charge >= 0.3 is 0 Å². The third-order valence-corrected chi connectivity index (χ3v) is 9.34. The molecule has 3 rings (SSSR count). The summed E-state index contributed by atoms with van der Waals surface area (Å²) in [7, 11) is -1.56. The summed E-state index contributed by atoms with van der Waals surface area (Å²) in [5.41, 5.74) is 0.487. The highest BCUT2D eigenvalue weighted by atomic mass is 127. The number of carbonyl (C=O) groups excluding carboxylic acids is 1. The van der Waals surface area contributed by atoms with Crippen LogP contribution in [0.4, 0.5) is 4.11 Å². The average Bonchev–Trinajstić information content (AvgIpc) is 3.14. The Morgan fingerprint density at radius 3 is 2.83 bits per heavy atom. The van der Waals surface area contributed by atoms with Crippen LogP contribution in [-0.2, 0) is 9.53 Å². The number of halogens is 2. The summed E-state index contributed by atoms with van der Waals surface area (Å²) in [6.45, 7) is 5.92. The van der Waals surface area contributed by atoms with Crippen LogP contribution < -0.4 is 4.74 Å². The van der Waals surface area contributed by atoms with E-state index in [1.165, 1.54) is 0 Å². The van der Waals surface area contributed by atoms with Gasteiger partial charge < -0.3 is 23.6 Å². The first-order chi connectivity index (χ1) is 13.7. The quantitative estimate of drug-likeness (QED) is 0.336. The Labute approximate surface area is 187 Å². The Bertz CT molecular complexity index is 744. The fourth-order valence-electron chi connectivity index (χ4n) is 4.76. The molecular formula is C21H31FINO4Si. The maximum atomic E-state index is 15.5. The van der Waals surface area contributed by atoms with Gasteiger partial charge in [-0.3, -0.25) is 4.79 Å². The third kappa shape index (κ3) is 4.80. The molecule has 1 fully saturated rings. The minimum atomic E-state index is -3.23. The highest BCUT2D eigenvalue weighted by Gasteiger charge is 2.49. The highest BCUT2D eigenvalue weighted by molar-refractivity contribution is 14.1. The summed E-state index contributed by atoms with van der Waals surface area (Å²) in [5.74, 6) is 0.548. The first-order valence-corrected chi connectivity index (χ1v) is 14.3. The monoisotopic (exact) mass is 535 g/mol. The molecule has 5 atom stereocenters. The number of likely N-dealkylation sites (tertiary alicyclic amines) is 1.